The molecule has 4 heteroatoms. The zero-order valence-corrected chi connectivity index (χ0v) is 13.5. The van der Waals surface area contributed by atoms with Gasteiger partial charge < -0.3 is 9.16 Å². The van der Waals surface area contributed by atoms with Crippen molar-refractivity contribution >= 4 is 14.3 Å². The van der Waals surface area contributed by atoms with Crippen LogP contribution in [0.2, 0.25) is 18.1 Å². The lowest BCUT2D eigenvalue weighted by Gasteiger charge is -2.43. The summed E-state index contributed by atoms with van der Waals surface area (Å²) in [6.45, 7) is 13.9. The molecule has 0 bridgehead atoms. The van der Waals surface area contributed by atoms with Crippen LogP contribution < -0.4 is 0 Å². The molecule has 104 valence electrons. The fourth-order valence-corrected chi connectivity index (χ4v) is 3.60. The lowest BCUT2D eigenvalue weighted by molar-refractivity contribution is -0.145. The van der Waals surface area contributed by atoms with Crippen LogP contribution in [0.15, 0.2) is 0 Å². The van der Waals surface area contributed by atoms with Gasteiger partial charge in [-0.05, 0) is 31.0 Å². The van der Waals surface area contributed by atoms with Crippen LogP contribution in [0.3, 0.4) is 0 Å². The predicted molar refractivity (Wildman–Crippen MR) is 73.9 cm³/mol. The lowest BCUT2D eigenvalue weighted by Crippen LogP contribution is -2.48. The smallest absolute Gasteiger partial charge is 0.310 e. The van der Waals surface area contributed by atoms with Gasteiger partial charge in [0.25, 0.3) is 0 Å². The molecule has 2 rings (SSSR count). The van der Waals surface area contributed by atoms with E-state index in [9.17, 15) is 4.79 Å². The summed E-state index contributed by atoms with van der Waals surface area (Å²) in [6, 6.07) is 0. The summed E-state index contributed by atoms with van der Waals surface area (Å²) in [4.78, 5) is 11.7. The number of carbonyl (C=O) groups excluding carboxylic acids is 1. The van der Waals surface area contributed by atoms with E-state index in [1.165, 1.54) is 0 Å². The molecule has 0 aromatic carbocycles. The van der Waals surface area contributed by atoms with E-state index < -0.39 is 8.32 Å². The second kappa shape index (κ2) is 4.07. The van der Waals surface area contributed by atoms with E-state index in [0.717, 1.165) is 12.8 Å². The summed E-state index contributed by atoms with van der Waals surface area (Å²) in [5.74, 6) is 0.123. The molecule has 1 saturated carbocycles. The monoisotopic (exact) mass is 270 g/mol. The molecule has 1 heterocycles. The van der Waals surface area contributed by atoms with Gasteiger partial charge in [0.15, 0.2) is 8.32 Å². The largest absolute Gasteiger partial charge is 0.459 e. The number of rotatable bonds is 3. The topological polar surface area (TPSA) is 35.5 Å². The zero-order valence-electron chi connectivity index (χ0n) is 12.5. The molecule has 3 atom stereocenters. The second-order valence-corrected chi connectivity index (χ2v) is 12.4. The number of cyclic esters (lactones) is 1. The Balaban J connectivity index is 1.98. The third-order valence-electron chi connectivity index (χ3n) is 5.45. The molecule has 0 amide bonds. The molecule has 1 aliphatic carbocycles. The Bertz CT molecular complexity index is 359. The summed E-state index contributed by atoms with van der Waals surface area (Å²) in [5, 5.41) is 0.204. The first-order valence-electron chi connectivity index (χ1n) is 6.92. The fraction of sp³-hybridized carbons (Fsp3) is 0.929. The highest BCUT2D eigenvalue weighted by molar-refractivity contribution is 6.74. The van der Waals surface area contributed by atoms with Gasteiger partial charge in [-0.15, -0.1) is 0 Å². The van der Waals surface area contributed by atoms with Crippen molar-refractivity contribution in [1.29, 1.82) is 0 Å². The normalized spacial score (nSPS) is 36.0. The molecule has 0 aromatic heterocycles. The Morgan fingerprint density at radius 3 is 2.44 bits per heavy atom. The summed E-state index contributed by atoms with van der Waals surface area (Å²) < 4.78 is 11.7. The van der Waals surface area contributed by atoms with Gasteiger partial charge in [0.1, 0.15) is 6.10 Å². The maximum absolute atomic E-state index is 11.7. The van der Waals surface area contributed by atoms with Crippen LogP contribution in [-0.4, -0.2) is 27.0 Å². The average molecular weight is 270 g/mol. The minimum atomic E-state index is -1.75. The van der Waals surface area contributed by atoms with E-state index >= 15 is 0 Å². The number of ether oxygens (including phenoxy) is 1. The molecular formula is C14H26O3Si. The Morgan fingerprint density at radius 2 is 2.06 bits per heavy atom. The van der Waals surface area contributed by atoms with Crippen molar-refractivity contribution < 1.29 is 14.0 Å². The molecular weight excluding hydrogens is 244 g/mol. The minimum absolute atomic E-state index is 0.00687. The van der Waals surface area contributed by atoms with Crippen LogP contribution in [0, 0.1) is 11.3 Å². The fourth-order valence-electron chi connectivity index (χ4n) is 2.60. The first kappa shape index (κ1) is 14.1. The Labute approximate surface area is 111 Å². The number of esters is 1. The van der Waals surface area contributed by atoms with E-state index in [4.69, 9.17) is 9.16 Å². The predicted octanol–water partition coefficient (Wildman–Crippen LogP) is 3.35. The SMILES string of the molecule is CC(C)(C)[Si](C)(C)OC[C@H]1OC(=O)[C@@H]2CC[C@]12C. The van der Waals surface area contributed by atoms with Crippen molar-refractivity contribution in [3.8, 4) is 0 Å². The van der Waals surface area contributed by atoms with E-state index in [-0.39, 0.29) is 28.4 Å². The summed E-state index contributed by atoms with van der Waals surface area (Å²) in [6.07, 6.45) is 2.05. The highest BCUT2D eigenvalue weighted by atomic mass is 28.4. The Kier molecular flexibility index (Phi) is 3.18. The van der Waals surface area contributed by atoms with Gasteiger partial charge in [0.05, 0.1) is 12.5 Å². The third-order valence-corrected chi connectivity index (χ3v) is 9.95. The molecule has 1 aliphatic heterocycles. The van der Waals surface area contributed by atoms with Crippen LogP contribution in [0.1, 0.15) is 40.5 Å². The first-order chi connectivity index (χ1) is 8.08. The van der Waals surface area contributed by atoms with Crippen molar-refractivity contribution in [3.05, 3.63) is 0 Å². The van der Waals surface area contributed by atoms with Crippen LogP contribution in [0.25, 0.3) is 0 Å². The molecule has 0 radical (unpaired) electrons. The van der Waals surface area contributed by atoms with Gasteiger partial charge >= 0.3 is 5.97 Å². The van der Waals surface area contributed by atoms with Crippen molar-refractivity contribution in [2.45, 2.75) is 64.8 Å². The highest BCUT2D eigenvalue weighted by Crippen LogP contribution is 2.55. The van der Waals surface area contributed by atoms with Gasteiger partial charge in [-0.3, -0.25) is 4.79 Å². The lowest BCUT2D eigenvalue weighted by atomic mass is 9.60. The van der Waals surface area contributed by atoms with E-state index in [2.05, 4.69) is 40.8 Å². The Morgan fingerprint density at radius 1 is 1.44 bits per heavy atom. The van der Waals surface area contributed by atoms with Gasteiger partial charge in [0.2, 0.25) is 0 Å². The zero-order chi connectivity index (χ0) is 13.8. The highest BCUT2D eigenvalue weighted by Gasteiger charge is 2.60. The number of hydrogen-bond acceptors (Lipinski definition) is 3. The molecule has 1 saturated heterocycles. The van der Waals surface area contributed by atoms with Gasteiger partial charge in [-0.1, -0.05) is 27.7 Å². The first-order valence-corrected chi connectivity index (χ1v) is 9.83. The summed E-state index contributed by atoms with van der Waals surface area (Å²) >= 11 is 0. The number of carbonyl (C=O) groups is 1. The standard InChI is InChI=1S/C14H26O3Si/c1-13(2,3)18(5,6)16-9-11-14(4)8-7-10(14)12(15)17-11/h10-11H,7-9H2,1-6H3/t10-,11+,14-/m0/s1. The summed E-state index contributed by atoms with van der Waals surface area (Å²) in [7, 11) is -1.75. The van der Waals surface area contributed by atoms with E-state index in [1.807, 2.05) is 0 Å². The van der Waals surface area contributed by atoms with Crippen molar-refractivity contribution in [3.63, 3.8) is 0 Å². The van der Waals surface area contributed by atoms with Crippen LogP contribution >= 0.6 is 0 Å². The van der Waals surface area contributed by atoms with Crippen LogP contribution in [-0.2, 0) is 14.0 Å². The van der Waals surface area contributed by atoms with E-state index in [1.54, 1.807) is 0 Å². The molecule has 18 heavy (non-hydrogen) atoms. The Hall–Kier alpha value is -0.353. The maximum atomic E-state index is 11.7. The van der Waals surface area contributed by atoms with Gasteiger partial charge in [0, 0.05) is 5.41 Å². The molecule has 0 N–H and O–H groups in total. The van der Waals surface area contributed by atoms with E-state index in [0.29, 0.717) is 6.61 Å². The minimum Gasteiger partial charge on any atom is -0.459 e. The molecule has 2 aliphatic rings. The van der Waals surface area contributed by atoms with Crippen LogP contribution in [0.5, 0.6) is 0 Å². The average Bonchev–Trinajstić information content (AvgIpc) is 2.34. The summed E-state index contributed by atoms with van der Waals surface area (Å²) in [5.41, 5.74) is 0.0411. The van der Waals surface area contributed by atoms with Crippen molar-refractivity contribution in [2.75, 3.05) is 6.61 Å². The molecule has 0 unspecified atom stereocenters. The second-order valence-electron chi connectivity index (χ2n) is 7.59. The quantitative estimate of drug-likeness (QED) is 0.583. The molecule has 3 nitrogen and oxygen atoms in total. The van der Waals surface area contributed by atoms with Gasteiger partial charge in [-0.25, -0.2) is 0 Å². The van der Waals surface area contributed by atoms with Crippen LogP contribution in [0.4, 0.5) is 0 Å². The molecule has 0 aromatic rings. The molecule has 2 fully saturated rings. The number of hydrogen-bond donors (Lipinski definition) is 0. The third kappa shape index (κ3) is 2.03. The molecule has 0 spiro atoms. The van der Waals surface area contributed by atoms with Crippen molar-refractivity contribution in [1.82, 2.24) is 0 Å². The van der Waals surface area contributed by atoms with Crippen molar-refractivity contribution in [2.24, 2.45) is 11.3 Å². The number of fused-ring (bicyclic) bond motifs is 1. The van der Waals surface area contributed by atoms with Gasteiger partial charge in [-0.2, -0.15) is 0 Å². The maximum Gasteiger partial charge on any atom is 0.310 e.